The number of carbonyl (C=O) groups is 2. The normalized spacial score (nSPS) is 10.7. The molecule has 0 bridgehead atoms. The topological polar surface area (TPSA) is 102 Å². The Morgan fingerprint density at radius 2 is 2.04 bits per heavy atom. The first-order chi connectivity index (χ1) is 12.4. The fourth-order valence-electron chi connectivity index (χ4n) is 2.58. The van der Waals surface area contributed by atoms with Gasteiger partial charge in [-0.3, -0.25) is 9.20 Å². The van der Waals surface area contributed by atoms with Crippen LogP contribution in [0, 0.1) is 5.82 Å². The van der Waals surface area contributed by atoms with Crippen LogP contribution in [0.1, 0.15) is 23.1 Å². The molecule has 4 N–H and O–H groups in total. The summed E-state index contributed by atoms with van der Waals surface area (Å²) in [6.07, 6.45) is 2.14. The Morgan fingerprint density at radius 3 is 2.73 bits per heavy atom. The molecule has 9 heteroatoms. The van der Waals surface area contributed by atoms with Gasteiger partial charge in [-0.1, -0.05) is 18.5 Å². The second kappa shape index (κ2) is 7.01. The van der Waals surface area contributed by atoms with Crippen molar-refractivity contribution in [1.82, 2.24) is 9.38 Å². The van der Waals surface area contributed by atoms with Crippen molar-refractivity contribution in [2.24, 2.45) is 5.73 Å². The van der Waals surface area contributed by atoms with Gasteiger partial charge in [0, 0.05) is 11.9 Å². The van der Waals surface area contributed by atoms with E-state index in [9.17, 15) is 14.0 Å². The maximum atomic E-state index is 13.7. The molecule has 2 heterocycles. The SMILES string of the molecule is CCc1nc2ccc(Cl)cn2c1C(=O)Nc1ccc(F)c(NC(N)=O)c1. The summed E-state index contributed by atoms with van der Waals surface area (Å²) in [6, 6.07) is 6.27. The van der Waals surface area contributed by atoms with E-state index in [-0.39, 0.29) is 5.69 Å². The molecule has 0 saturated heterocycles. The number of urea groups is 1. The van der Waals surface area contributed by atoms with Crippen molar-refractivity contribution in [3.63, 3.8) is 0 Å². The molecule has 0 unspecified atom stereocenters. The molecule has 0 aliphatic rings. The Kier molecular flexibility index (Phi) is 4.77. The highest BCUT2D eigenvalue weighted by molar-refractivity contribution is 6.30. The van der Waals surface area contributed by atoms with Crippen molar-refractivity contribution in [3.05, 3.63) is 58.8 Å². The zero-order valence-electron chi connectivity index (χ0n) is 13.7. The van der Waals surface area contributed by atoms with Crippen LogP contribution in [0.2, 0.25) is 5.02 Å². The molecule has 0 aliphatic carbocycles. The number of hydrogen-bond acceptors (Lipinski definition) is 3. The first-order valence-electron chi connectivity index (χ1n) is 7.73. The van der Waals surface area contributed by atoms with E-state index in [0.29, 0.717) is 34.2 Å². The summed E-state index contributed by atoms with van der Waals surface area (Å²) in [5, 5.41) is 5.29. The first kappa shape index (κ1) is 17.7. The summed E-state index contributed by atoms with van der Waals surface area (Å²) < 4.78 is 15.3. The number of carbonyl (C=O) groups excluding carboxylic acids is 2. The third-order valence-electron chi connectivity index (χ3n) is 3.69. The number of benzene rings is 1. The quantitative estimate of drug-likeness (QED) is 0.651. The number of hydrogen-bond donors (Lipinski definition) is 3. The molecule has 3 amide bonds. The summed E-state index contributed by atoms with van der Waals surface area (Å²) in [5.41, 5.74) is 6.69. The molecule has 0 atom stereocenters. The lowest BCUT2D eigenvalue weighted by molar-refractivity contribution is 0.102. The fraction of sp³-hybridized carbons (Fsp3) is 0.118. The molecule has 0 radical (unpaired) electrons. The maximum absolute atomic E-state index is 13.7. The first-order valence-corrected chi connectivity index (χ1v) is 8.10. The van der Waals surface area contributed by atoms with Gasteiger partial charge in [0.05, 0.1) is 16.4 Å². The fourth-order valence-corrected chi connectivity index (χ4v) is 2.74. The van der Waals surface area contributed by atoms with Crippen LogP contribution in [0.15, 0.2) is 36.5 Å². The average molecular weight is 376 g/mol. The van der Waals surface area contributed by atoms with E-state index < -0.39 is 17.8 Å². The van der Waals surface area contributed by atoms with E-state index in [2.05, 4.69) is 15.6 Å². The molecule has 0 aliphatic heterocycles. The number of nitrogens with one attached hydrogen (secondary N) is 2. The molecule has 0 fully saturated rings. The van der Waals surface area contributed by atoms with Crippen LogP contribution < -0.4 is 16.4 Å². The van der Waals surface area contributed by atoms with Gasteiger partial charge in [0.2, 0.25) is 0 Å². The van der Waals surface area contributed by atoms with Crippen molar-refractivity contribution in [2.75, 3.05) is 10.6 Å². The van der Waals surface area contributed by atoms with Gasteiger partial charge in [-0.15, -0.1) is 0 Å². The van der Waals surface area contributed by atoms with E-state index in [4.69, 9.17) is 17.3 Å². The molecule has 3 rings (SSSR count). The van der Waals surface area contributed by atoms with E-state index in [1.807, 2.05) is 6.92 Å². The van der Waals surface area contributed by atoms with Crippen molar-refractivity contribution in [3.8, 4) is 0 Å². The second-order valence-electron chi connectivity index (χ2n) is 5.47. The lowest BCUT2D eigenvalue weighted by Crippen LogP contribution is -2.20. The number of nitrogens with two attached hydrogens (primary N) is 1. The van der Waals surface area contributed by atoms with E-state index >= 15 is 0 Å². The minimum atomic E-state index is -0.905. The van der Waals surface area contributed by atoms with Gasteiger partial charge in [-0.25, -0.2) is 14.2 Å². The molecule has 0 spiro atoms. The Morgan fingerprint density at radius 1 is 1.27 bits per heavy atom. The Balaban J connectivity index is 1.97. The molecular formula is C17H15ClFN5O2. The summed E-state index contributed by atoms with van der Waals surface area (Å²) in [5.74, 6) is -1.11. The van der Waals surface area contributed by atoms with Crippen LogP contribution in [0.3, 0.4) is 0 Å². The second-order valence-corrected chi connectivity index (χ2v) is 5.91. The Labute approximate surface area is 153 Å². The molecular weight excluding hydrogens is 361 g/mol. The van der Waals surface area contributed by atoms with Gasteiger partial charge >= 0.3 is 6.03 Å². The van der Waals surface area contributed by atoms with Gasteiger partial charge in [-0.2, -0.15) is 0 Å². The number of primary amides is 1. The Hall–Kier alpha value is -3.13. The summed E-state index contributed by atoms with van der Waals surface area (Å²) in [4.78, 5) is 28.1. The lowest BCUT2D eigenvalue weighted by atomic mass is 10.2. The van der Waals surface area contributed by atoms with Gasteiger partial charge in [0.25, 0.3) is 5.91 Å². The number of amides is 3. The monoisotopic (exact) mass is 375 g/mol. The number of imidazole rings is 1. The molecule has 26 heavy (non-hydrogen) atoms. The summed E-state index contributed by atoms with van der Waals surface area (Å²) in [6.45, 7) is 1.88. The summed E-state index contributed by atoms with van der Waals surface area (Å²) in [7, 11) is 0. The van der Waals surface area contributed by atoms with Gasteiger partial charge < -0.3 is 16.4 Å². The Bertz CT molecular complexity index is 1020. The number of nitrogens with zero attached hydrogens (tertiary/aromatic N) is 2. The van der Waals surface area contributed by atoms with Crippen LogP contribution in [-0.4, -0.2) is 21.3 Å². The van der Waals surface area contributed by atoms with Gasteiger partial charge in [0.1, 0.15) is 17.2 Å². The van der Waals surface area contributed by atoms with Crippen molar-refractivity contribution >= 4 is 40.6 Å². The number of anilines is 2. The number of halogens is 2. The number of pyridine rings is 1. The van der Waals surface area contributed by atoms with Gasteiger partial charge in [0.15, 0.2) is 0 Å². The third-order valence-corrected chi connectivity index (χ3v) is 3.91. The summed E-state index contributed by atoms with van der Waals surface area (Å²) >= 11 is 6.02. The number of rotatable bonds is 4. The van der Waals surface area contributed by atoms with Crippen LogP contribution in [-0.2, 0) is 6.42 Å². The predicted molar refractivity (Wildman–Crippen MR) is 97.1 cm³/mol. The molecule has 3 aromatic rings. The smallest absolute Gasteiger partial charge is 0.316 e. The van der Waals surface area contributed by atoms with Crippen LogP contribution in [0.25, 0.3) is 5.65 Å². The highest BCUT2D eigenvalue weighted by Crippen LogP contribution is 2.22. The van der Waals surface area contributed by atoms with Crippen molar-refractivity contribution in [2.45, 2.75) is 13.3 Å². The minimum Gasteiger partial charge on any atom is -0.351 e. The van der Waals surface area contributed by atoms with Crippen molar-refractivity contribution < 1.29 is 14.0 Å². The lowest BCUT2D eigenvalue weighted by Gasteiger charge is -2.09. The zero-order valence-corrected chi connectivity index (χ0v) is 14.5. The number of aryl methyl sites for hydroxylation is 1. The predicted octanol–water partition coefficient (Wildman–Crippen LogP) is 3.43. The molecule has 7 nitrogen and oxygen atoms in total. The van der Waals surface area contributed by atoms with Crippen LogP contribution in [0.5, 0.6) is 0 Å². The molecule has 1 aromatic carbocycles. The standard InChI is InChI=1S/C17H15ClFN5O2/c1-2-12-15(24-8-9(18)3-6-14(24)22-12)16(25)21-10-4-5-11(19)13(7-10)23-17(20)26/h3-8H,2H2,1H3,(H,21,25)(H3,20,23,26). The minimum absolute atomic E-state index is 0.132. The highest BCUT2D eigenvalue weighted by Gasteiger charge is 2.19. The van der Waals surface area contributed by atoms with Crippen LogP contribution >= 0.6 is 11.6 Å². The molecule has 2 aromatic heterocycles. The van der Waals surface area contributed by atoms with Gasteiger partial charge in [-0.05, 0) is 36.8 Å². The average Bonchev–Trinajstić information content (AvgIpc) is 2.95. The number of fused-ring (bicyclic) bond motifs is 1. The van der Waals surface area contributed by atoms with Crippen molar-refractivity contribution in [1.29, 1.82) is 0 Å². The van der Waals surface area contributed by atoms with E-state index in [1.54, 1.807) is 22.7 Å². The van der Waals surface area contributed by atoms with E-state index in [1.165, 1.54) is 12.1 Å². The largest absolute Gasteiger partial charge is 0.351 e. The third kappa shape index (κ3) is 3.45. The molecule has 0 saturated carbocycles. The van der Waals surface area contributed by atoms with E-state index in [0.717, 1.165) is 6.07 Å². The van der Waals surface area contributed by atoms with Crippen LogP contribution in [0.4, 0.5) is 20.6 Å². The maximum Gasteiger partial charge on any atom is 0.316 e. The highest BCUT2D eigenvalue weighted by atomic mass is 35.5. The molecule has 134 valence electrons. The zero-order chi connectivity index (χ0) is 18.8. The number of aromatic nitrogens is 2.